The van der Waals surface area contributed by atoms with Crippen molar-refractivity contribution in [2.75, 3.05) is 28.2 Å². The van der Waals surface area contributed by atoms with E-state index in [4.69, 9.17) is 24.4 Å². The molecule has 2 rings (SSSR count). The Balaban J connectivity index is 2.53. The van der Waals surface area contributed by atoms with Crippen molar-refractivity contribution in [1.29, 1.82) is 0 Å². The standard InChI is InChI=1S/C14H23N5S4/c1-17(2)11(20)15-13-19(10-8-6-5-7-9-10)14(23-22-13)16-12(21)18(3)4/h10H,5-9H2,1-4H3/b15-13-,16-14-. The first kappa shape index (κ1) is 18.7. The van der Waals surface area contributed by atoms with E-state index in [0.717, 1.165) is 9.60 Å². The summed E-state index contributed by atoms with van der Waals surface area (Å²) < 4.78 is 2.25. The summed E-state index contributed by atoms with van der Waals surface area (Å²) in [5.41, 5.74) is 0. The molecule has 0 N–H and O–H groups in total. The molecule has 0 aliphatic heterocycles. The van der Waals surface area contributed by atoms with Gasteiger partial charge >= 0.3 is 0 Å². The summed E-state index contributed by atoms with van der Waals surface area (Å²) >= 11 is 10.7. The summed E-state index contributed by atoms with van der Waals surface area (Å²) in [6, 6.07) is 0.443. The molecule has 5 nitrogen and oxygen atoms in total. The second kappa shape index (κ2) is 8.46. The number of aromatic nitrogens is 1. The van der Waals surface area contributed by atoms with Crippen LogP contribution in [0.2, 0.25) is 0 Å². The third-order valence-electron chi connectivity index (χ3n) is 3.69. The van der Waals surface area contributed by atoms with Gasteiger partial charge in [-0.15, -0.1) is 0 Å². The van der Waals surface area contributed by atoms with E-state index in [1.165, 1.54) is 32.1 Å². The average Bonchev–Trinajstić information content (AvgIpc) is 2.90. The number of hydrogen-bond donors (Lipinski definition) is 0. The lowest BCUT2D eigenvalue weighted by molar-refractivity contribution is 0.342. The molecule has 0 saturated heterocycles. The SMILES string of the molecule is CN(C)C(=S)/N=c1\ss/c(=N\C(=S)N(C)C)n1C1CCCCC1. The minimum absolute atomic E-state index is 0.443. The van der Waals surface area contributed by atoms with Crippen molar-refractivity contribution in [3.05, 3.63) is 9.60 Å². The van der Waals surface area contributed by atoms with E-state index in [1.807, 2.05) is 38.0 Å². The fourth-order valence-corrected chi connectivity index (χ4v) is 4.92. The van der Waals surface area contributed by atoms with Gasteiger partial charge in [-0.3, -0.25) is 4.57 Å². The van der Waals surface area contributed by atoms with Crippen LogP contribution < -0.4 is 9.60 Å². The van der Waals surface area contributed by atoms with Gasteiger partial charge in [0.1, 0.15) is 0 Å². The first-order valence-corrected chi connectivity index (χ1v) is 10.6. The highest BCUT2D eigenvalue weighted by molar-refractivity contribution is 7.80. The van der Waals surface area contributed by atoms with Crippen LogP contribution in [0.1, 0.15) is 38.1 Å². The molecule has 1 heterocycles. The van der Waals surface area contributed by atoms with Gasteiger partial charge in [0.15, 0.2) is 10.2 Å². The second-order valence-corrected chi connectivity index (χ2v) is 8.77. The third kappa shape index (κ3) is 4.91. The third-order valence-corrected chi connectivity index (χ3v) is 6.71. The number of rotatable bonds is 1. The van der Waals surface area contributed by atoms with E-state index in [0.29, 0.717) is 16.3 Å². The molecule has 0 unspecified atom stereocenters. The monoisotopic (exact) mass is 389 g/mol. The van der Waals surface area contributed by atoms with Crippen molar-refractivity contribution >= 4 is 55.3 Å². The van der Waals surface area contributed by atoms with E-state index >= 15 is 0 Å². The number of nitrogens with zero attached hydrogens (tertiary/aromatic N) is 5. The molecule has 1 aromatic rings. The van der Waals surface area contributed by atoms with Crippen LogP contribution in [0.3, 0.4) is 0 Å². The fraction of sp³-hybridized carbons (Fsp3) is 0.714. The Morgan fingerprint density at radius 2 is 1.35 bits per heavy atom. The molecule has 1 aromatic heterocycles. The van der Waals surface area contributed by atoms with Crippen LogP contribution in [0.5, 0.6) is 0 Å². The van der Waals surface area contributed by atoms with Crippen LogP contribution in [0, 0.1) is 0 Å². The van der Waals surface area contributed by atoms with Crippen LogP contribution >= 0.6 is 45.1 Å². The van der Waals surface area contributed by atoms with Gasteiger partial charge in [0.25, 0.3) is 0 Å². The molecule has 0 amide bonds. The molecule has 1 fully saturated rings. The van der Waals surface area contributed by atoms with Crippen molar-refractivity contribution in [2.24, 2.45) is 9.98 Å². The molecule has 1 saturated carbocycles. The van der Waals surface area contributed by atoms with Crippen molar-refractivity contribution in [2.45, 2.75) is 38.1 Å². The van der Waals surface area contributed by atoms with Gasteiger partial charge in [-0.1, -0.05) is 19.3 Å². The van der Waals surface area contributed by atoms with E-state index in [1.54, 1.807) is 20.7 Å². The fourth-order valence-electron chi connectivity index (χ4n) is 2.40. The maximum atomic E-state index is 5.35. The predicted octanol–water partition coefficient (Wildman–Crippen LogP) is 2.61. The highest BCUT2D eigenvalue weighted by Crippen LogP contribution is 2.26. The van der Waals surface area contributed by atoms with Gasteiger partial charge in [-0.2, -0.15) is 9.98 Å². The zero-order valence-electron chi connectivity index (χ0n) is 14.0. The van der Waals surface area contributed by atoms with E-state index in [2.05, 4.69) is 14.6 Å². The average molecular weight is 390 g/mol. The second-order valence-electron chi connectivity index (χ2n) is 5.97. The maximum absolute atomic E-state index is 5.35. The lowest BCUT2D eigenvalue weighted by Crippen LogP contribution is -2.34. The summed E-state index contributed by atoms with van der Waals surface area (Å²) in [6.07, 6.45) is 6.17. The topological polar surface area (TPSA) is 36.1 Å². The smallest absolute Gasteiger partial charge is 0.204 e. The molecule has 0 aromatic carbocycles. The Morgan fingerprint density at radius 3 is 1.74 bits per heavy atom. The first-order valence-electron chi connectivity index (χ1n) is 7.64. The minimum atomic E-state index is 0.443. The van der Waals surface area contributed by atoms with Crippen LogP contribution in [0.4, 0.5) is 0 Å². The predicted molar refractivity (Wildman–Crippen MR) is 106 cm³/mol. The van der Waals surface area contributed by atoms with Gasteiger partial charge < -0.3 is 9.80 Å². The van der Waals surface area contributed by atoms with Crippen LogP contribution in [-0.4, -0.2) is 52.8 Å². The molecule has 0 atom stereocenters. The zero-order chi connectivity index (χ0) is 17.0. The van der Waals surface area contributed by atoms with E-state index in [-0.39, 0.29) is 0 Å². The highest BCUT2D eigenvalue weighted by Gasteiger charge is 2.19. The van der Waals surface area contributed by atoms with Crippen molar-refractivity contribution in [1.82, 2.24) is 14.4 Å². The molecule has 0 bridgehead atoms. The van der Waals surface area contributed by atoms with Crippen molar-refractivity contribution in [3.63, 3.8) is 0 Å². The zero-order valence-corrected chi connectivity index (χ0v) is 17.2. The summed E-state index contributed by atoms with van der Waals surface area (Å²) in [6.45, 7) is 0. The number of thiocarbonyl (C=S) groups is 2. The van der Waals surface area contributed by atoms with E-state index < -0.39 is 0 Å². The molecule has 1 aliphatic carbocycles. The van der Waals surface area contributed by atoms with Gasteiger partial charge in [-0.05, 0) is 58.0 Å². The molecule has 9 heteroatoms. The lowest BCUT2D eigenvalue weighted by atomic mass is 9.95. The molecule has 0 radical (unpaired) electrons. The largest absolute Gasteiger partial charge is 0.353 e. The maximum Gasteiger partial charge on any atom is 0.204 e. The van der Waals surface area contributed by atoms with Crippen molar-refractivity contribution in [3.8, 4) is 0 Å². The molecule has 128 valence electrons. The van der Waals surface area contributed by atoms with Gasteiger partial charge in [0, 0.05) is 34.2 Å². The Labute approximate surface area is 155 Å². The minimum Gasteiger partial charge on any atom is -0.353 e. The van der Waals surface area contributed by atoms with Gasteiger partial charge in [0.05, 0.1) is 0 Å². The molecular formula is C14H23N5S4. The summed E-state index contributed by atoms with van der Waals surface area (Å²) in [5.74, 6) is 0. The Hall–Kier alpha value is -0.640. The quantitative estimate of drug-likeness (QED) is 0.546. The van der Waals surface area contributed by atoms with Crippen LogP contribution in [0.25, 0.3) is 0 Å². The number of hydrogen-bond acceptors (Lipinski definition) is 4. The molecule has 1 aliphatic rings. The highest BCUT2D eigenvalue weighted by atomic mass is 32.9. The first-order chi connectivity index (χ1) is 10.9. The Kier molecular flexibility index (Phi) is 6.87. The van der Waals surface area contributed by atoms with Crippen LogP contribution in [0.15, 0.2) is 9.98 Å². The van der Waals surface area contributed by atoms with Gasteiger partial charge in [0.2, 0.25) is 9.60 Å². The Bertz CT molecular complexity index is 639. The van der Waals surface area contributed by atoms with Gasteiger partial charge in [-0.25, -0.2) is 0 Å². The van der Waals surface area contributed by atoms with Crippen LogP contribution in [-0.2, 0) is 0 Å². The normalized spacial score (nSPS) is 17.4. The molecule has 23 heavy (non-hydrogen) atoms. The van der Waals surface area contributed by atoms with Crippen molar-refractivity contribution < 1.29 is 0 Å². The summed E-state index contributed by atoms with van der Waals surface area (Å²) in [4.78, 5) is 14.8. The Morgan fingerprint density at radius 1 is 0.913 bits per heavy atom. The molecular weight excluding hydrogens is 366 g/mol. The lowest BCUT2D eigenvalue weighted by Gasteiger charge is -2.23. The van der Waals surface area contributed by atoms with E-state index in [9.17, 15) is 0 Å². The molecule has 0 spiro atoms. The summed E-state index contributed by atoms with van der Waals surface area (Å²) in [5, 5.41) is 1.18. The summed E-state index contributed by atoms with van der Waals surface area (Å²) in [7, 11) is 10.9.